The lowest BCUT2D eigenvalue weighted by molar-refractivity contribution is 0.394. The Hall–Kier alpha value is -3.48. The van der Waals surface area contributed by atoms with Crippen molar-refractivity contribution in [2.75, 3.05) is 19.1 Å². The molecule has 0 radical (unpaired) electrons. The van der Waals surface area contributed by atoms with Gasteiger partial charge in [0.1, 0.15) is 23.1 Å². The molecule has 0 saturated carbocycles. The quantitative estimate of drug-likeness (QED) is 0.746. The molecule has 0 aliphatic heterocycles. The van der Waals surface area contributed by atoms with Crippen molar-refractivity contribution < 1.29 is 9.47 Å². The Morgan fingerprint density at radius 1 is 0.760 bits per heavy atom. The summed E-state index contributed by atoms with van der Waals surface area (Å²) in [5, 5.41) is 0. The number of benzene rings is 1. The monoisotopic (exact) mass is 339 g/mol. The lowest BCUT2D eigenvalue weighted by atomic mass is 10.2. The van der Waals surface area contributed by atoms with Gasteiger partial charge in [-0.2, -0.15) is 0 Å². The molecule has 0 atom stereocenters. The topological polar surface area (TPSA) is 87.4 Å². The fourth-order valence-electron chi connectivity index (χ4n) is 2.46. The van der Waals surface area contributed by atoms with E-state index in [0.717, 1.165) is 0 Å². The van der Waals surface area contributed by atoms with Gasteiger partial charge in [0.2, 0.25) is 0 Å². The van der Waals surface area contributed by atoms with Crippen LogP contribution in [-0.4, -0.2) is 24.2 Å². The van der Waals surface area contributed by atoms with Gasteiger partial charge >= 0.3 is 0 Å². The van der Waals surface area contributed by atoms with E-state index in [2.05, 4.69) is 9.97 Å². The van der Waals surface area contributed by atoms with Gasteiger partial charge in [-0.25, -0.2) is 0 Å². The summed E-state index contributed by atoms with van der Waals surface area (Å²) in [6, 6.07) is 11.0. The van der Waals surface area contributed by atoms with E-state index in [-0.39, 0.29) is 10.9 Å². The van der Waals surface area contributed by atoms with Gasteiger partial charge in [-0.1, -0.05) is 0 Å². The Balaban J connectivity index is 2.24. The summed E-state index contributed by atoms with van der Waals surface area (Å²) in [6.45, 7) is 0. The van der Waals surface area contributed by atoms with Crippen LogP contribution in [-0.2, 0) is 0 Å². The zero-order chi connectivity index (χ0) is 17.8. The Morgan fingerprint density at radius 2 is 1.24 bits per heavy atom. The van der Waals surface area contributed by atoms with Gasteiger partial charge in [0, 0.05) is 54.9 Å². The molecule has 0 amide bonds. The van der Waals surface area contributed by atoms with E-state index in [1.165, 1.54) is 24.3 Å². The molecule has 2 aromatic heterocycles. The summed E-state index contributed by atoms with van der Waals surface area (Å²) in [6.07, 6.45) is 3.09. The number of nitrogens with one attached hydrogen (secondary N) is 2. The maximum absolute atomic E-state index is 11.8. The second-order valence-corrected chi connectivity index (χ2v) is 5.23. The number of ether oxygens (including phenoxy) is 2. The third-order valence-electron chi connectivity index (χ3n) is 3.59. The van der Waals surface area contributed by atoms with Gasteiger partial charge in [0.05, 0.1) is 19.9 Å². The zero-order valence-electron chi connectivity index (χ0n) is 13.8. The first-order chi connectivity index (χ1) is 12.1. The SMILES string of the molecule is COc1cc(OC)cc(N(c2cc(=O)cc[nH]2)c2cc(=O)cc[nH]2)c1. The Labute approximate surface area is 143 Å². The average Bonchev–Trinajstić information content (AvgIpc) is 2.62. The van der Waals surface area contributed by atoms with E-state index in [1.54, 1.807) is 49.7 Å². The molecule has 128 valence electrons. The fraction of sp³-hybridized carbons (Fsp3) is 0.111. The molecular formula is C18H17N3O4. The van der Waals surface area contributed by atoms with Crippen molar-refractivity contribution in [1.29, 1.82) is 0 Å². The number of nitrogens with zero attached hydrogens (tertiary/aromatic N) is 1. The molecule has 3 aromatic rings. The Bertz CT molecular complexity index is 918. The van der Waals surface area contributed by atoms with E-state index in [0.29, 0.717) is 28.8 Å². The van der Waals surface area contributed by atoms with Crippen molar-refractivity contribution in [3.05, 3.63) is 75.3 Å². The molecule has 3 rings (SSSR count). The summed E-state index contributed by atoms with van der Waals surface area (Å²) in [4.78, 5) is 31.4. The number of aromatic nitrogens is 2. The second-order valence-electron chi connectivity index (χ2n) is 5.23. The van der Waals surface area contributed by atoms with Crippen LogP contribution >= 0.6 is 0 Å². The minimum absolute atomic E-state index is 0.160. The molecule has 0 aliphatic carbocycles. The van der Waals surface area contributed by atoms with Crippen LogP contribution in [0.4, 0.5) is 17.3 Å². The molecular weight excluding hydrogens is 322 g/mol. The van der Waals surface area contributed by atoms with Gasteiger partial charge in [0.25, 0.3) is 0 Å². The molecule has 25 heavy (non-hydrogen) atoms. The van der Waals surface area contributed by atoms with Crippen molar-refractivity contribution in [2.24, 2.45) is 0 Å². The standard InChI is InChI=1S/C18H17N3O4/c1-24-15-7-12(8-16(11-15)25-2)21(17-9-13(22)3-5-19-17)18-10-14(23)4-6-20-18/h3-11H,1-2H3,(H,19,22)(H,20,23). The van der Waals surface area contributed by atoms with Crippen LogP contribution in [0.1, 0.15) is 0 Å². The summed E-state index contributed by atoms with van der Waals surface area (Å²) >= 11 is 0. The van der Waals surface area contributed by atoms with Crippen LogP contribution in [0.3, 0.4) is 0 Å². The highest BCUT2D eigenvalue weighted by molar-refractivity contribution is 5.73. The Morgan fingerprint density at radius 3 is 1.64 bits per heavy atom. The maximum Gasteiger partial charge on any atom is 0.183 e. The van der Waals surface area contributed by atoms with Gasteiger partial charge in [0.15, 0.2) is 10.9 Å². The largest absolute Gasteiger partial charge is 0.497 e. The van der Waals surface area contributed by atoms with Crippen molar-refractivity contribution in [2.45, 2.75) is 0 Å². The Kier molecular flexibility index (Phi) is 4.56. The highest BCUT2D eigenvalue weighted by atomic mass is 16.5. The van der Waals surface area contributed by atoms with Crippen LogP contribution in [0.25, 0.3) is 0 Å². The molecule has 0 spiro atoms. The number of aromatic amines is 2. The molecule has 7 nitrogen and oxygen atoms in total. The van der Waals surface area contributed by atoms with Crippen LogP contribution in [0, 0.1) is 0 Å². The molecule has 0 bridgehead atoms. The van der Waals surface area contributed by atoms with E-state index < -0.39 is 0 Å². The lowest BCUT2D eigenvalue weighted by Gasteiger charge is -2.24. The third-order valence-corrected chi connectivity index (χ3v) is 3.59. The predicted octanol–water partition coefficient (Wildman–Crippen LogP) is 2.55. The van der Waals surface area contributed by atoms with Gasteiger partial charge in [-0.05, 0) is 0 Å². The molecule has 0 unspecified atom stereocenters. The maximum atomic E-state index is 11.8. The molecule has 2 N–H and O–H groups in total. The smallest absolute Gasteiger partial charge is 0.183 e. The predicted molar refractivity (Wildman–Crippen MR) is 95.5 cm³/mol. The van der Waals surface area contributed by atoms with Crippen molar-refractivity contribution in [3.8, 4) is 11.5 Å². The minimum atomic E-state index is -0.160. The van der Waals surface area contributed by atoms with E-state index in [4.69, 9.17) is 9.47 Å². The van der Waals surface area contributed by atoms with Gasteiger partial charge < -0.3 is 19.4 Å². The van der Waals surface area contributed by atoms with Gasteiger partial charge in [-0.3, -0.25) is 14.5 Å². The van der Waals surface area contributed by atoms with Crippen LogP contribution in [0.5, 0.6) is 11.5 Å². The zero-order valence-corrected chi connectivity index (χ0v) is 13.8. The number of H-pyrrole nitrogens is 2. The average molecular weight is 339 g/mol. The summed E-state index contributed by atoms with van der Waals surface area (Å²) in [7, 11) is 3.11. The second kappa shape index (κ2) is 6.96. The van der Waals surface area contributed by atoms with E-state index in [9.17, 15) is 9.59 Å². The molecule has 1 aromatic carbocycles. The molecule has 0 aliphatic rings. The van der Waals surface area contributed by atoms with Gasteiger partial charge in [-0.15, -0.1) is 0 Å². The molecule has 7 heteroatoms. The number of methoxy groups -OCH3 is 2. The highest BCUT2D eigenvalue weighted by Gasteiger charge is 2.16. The van der Waals surface area contributed by atoms with Crippen LogP contribution in [0.15, 0.2) is 64.4 Å². The molecule has 2 heterocycles. The van der Waals surface area contributed by atoms with Crippen molar-refractivity contribution >= 4 is 17.3 Å². The number of anilines is 3. The van der Waals surface area contributed by atoms with E-state index in [1.807, 2.05) is 0 Å². The number of hydrogen-bond acceptors (Lipinski definition) is 5. The number of rotatable bonds is 5. The summed E-state index contributed by atoms with van der Waals surface area (Å²) in [5.74, 6) is 2.14. The lowest BCUT2D eigenvalue weighted by Crippen LogP contribution is -2.17. The minimum Gasteiger partial charge on any atom is -0.497 e. The first-order valence-electron chi connectivity index (χ1n) is 7.51. The first kappa shape index (κ1) is 16.4. The first-order valence-corrected chi connectivity index (χ1v) is 7.51. The van der Waals surface area contributed by atoms with E-state index >= 15 is 0 Å². The molecule has 0 saturated heterocycles. The fourth-order valence-corrected chi connectivity index (χ4v) is 2.46. The third kappa shape index (κ3) is 3.55. The number of hydrogen-bond donors (Lipinski definition) is 2. The van der Waals surface area contributed by atoms with Crippen LogP contribution in [0.2, 0.25) is 0 Å². The highest BCUT2D eigenvalue weighted by Crippen LogP contribution is 2.35. The van der Waals surface area contributed by atoms with Crippen molar-refractivity contribution in [1.82, 2.24) is 9.97 Å². The molecule has 0 fully saturated rings. The number of pyridine rings is 2. The summed E-state index contributed by atoms with van der Waals surface area (Å²) in [5.41, 5.74) is 0.332. The summed E-state index contributed by atoms with van der Waals surface area (Å²) < 4.78 is 10.6. The van der Waals surface area contributed by atoms with Crippen LogP contribution < -0.4 is 25.2 Å². The van der Waals surface area contributed by atoms with Crippen molar-refractivity contribution in [3.63, 3.8) is 0 Å². The normalized spacial score (nSPS) is 10.3.